The Morgan fingerprint density at radius 2 is 2.06 bits per heavy atom. The van der Waals surface area contributed by atoms with Crippen LogP contribution in [0.15, 0.2) is 30.9 Å². The van der Waals surface area contributed by atoms with Crippen LogP contribution in [0.2, 0.25) is 5.02 Å². The molecule has 0 amide bonds. The molecule has 0 unspecified atom stereocenters. The molecule has 0 saturated carbocycles. The Kier molecular flexibility index (Phi) is 4.58. The van der Waals surface area contributed by atoms with Gasteiger partial charge in [0.15, 0.2) is 5.78 Å². The third kappa shape index (κ3) is 3.36. The monoisotopic (exact) mass is 265 g/mol. The number of halogens is 1. The second-order valence-electron chi connectivity index (χ2n) is 5.29. The summed E-state index contributed by atoms with van der Waals surface area (Å²) in [6, 6.07) is 5.55. The van der Waals surface area contributed by atoms with Gasteiger partial charge in [-0.1, -0.05) is 17.7 Å². The Balaban J connectivity index is 3.19. The van der Waals surface area contributed by atoms with Crippen molar-refractivity contribution in [1.82, 2.24) is 0 Å². The number of anilines is 1. The molecule has 0 atom stereocenters. The Hall–Kier alpha value is -1.28. The van der Waals surface area contributed by atoms with Crippen LogP contribution < -0.4 is 4.90 Å². The van der Waals surface area contributed by atoms with E-state index in [0.717, 1.165) is 12.2 Å². The second-order valence-corrected chi connectivity index (χ2v) is 5.70. The van der Waals surface area contributed by atoms with Gasteiger partial charge in [0, 0.05) is 23.3 Å². The zero-order chi connectivity index (χ0) is 13.9. The molecule has 0 spiro atoms. The predicted octanol–water partition coefficient (Wildman–Crippen LogP) is 4.33. The molecule has 18 heavy (non-hydrogen) atoms. The molecule has 0 fully saturated rings. The second kappa shape index (κ2) is 5.57. The van der Waals surface area contributed by atoms with Crippen molar-refractivity contribution in [3.05, 3.63) is 41.4 Å². The maximum atomic E-state index is 11.4. The van der Waals surface area contributed by atoms with Crippen LogP contribution in [0, 0.1) is 0 Å². The van der Waals surface area contributed by atoms with Gasteiger partial charge in [0.1, 0.15) is 0 Å². The Labute approximate surface area is 114 Å². The number of hydrogen-bond acceptors (Lipinski definition) is 2. The van der Waals surface area contributed by atoms with Crippen LogP contribution in [0.3, 0.4) is 0 Å². The smallest absolute Gasteiger partial charge is 0.161 e. The molecule has 1 rings (SSSR count). The minimum absolute atomic E-state index is 0.0161. The SMILES string of the molecule is C=CCN(c1ccc(C(C)=O)c(Cl)c1)C(C)(C)C. The van der Waals surface area contributed by atoms with Crippen molar-refractivity contribution in [1.29, 1.82) is 0 Å². The van der Waals surface area contributed by atoms with E-state index in [9.17, 15) is 4.79 Å². The van der Waals surface area contributed by atoms with Gasteiger partial charge in [-0.15, -0.1) is 6.58 Å². The van der Waals surface area contributed by atoms with Crippen LogP contribution in [0.5, 0.6) is 0 Å². The summed E-state index contributed by atoms with van der Waals surface area (Å²) in [4.78, 5) is 13.5. The van der Waals surface area contributed by atoms with Gasteiger partial charge >= 0.3 is 0 Å². The summed E-state index contributed by atoms with van der Waals surface area (Å²) in [5.41, 5.74) is 1.53. The molecule has 0 aliphatic rings. The fourth-order valence-corrected chi connectivity index (χ4v) is 2.16. The van der Waals surface area contributed by atoms with E-state index in [1.807, 2.05) is 18.2 Å². The zero-order valence-corrected chi connectivity index (χ0v) is 12.2. The van der Waals surface area contributed by atoms with E-state index in [1.54, 1.807) is 6.07 Å². The van der Waals surface area contributed by atoms with Gasteiger partial charge in [-0.25, -0.2) is 0 Å². The van der Waals surface area contributed by atoms with Crippen molar-refractivity contribution in [3.8, 4) is 0 Å². The molecule has 1 aromatic carbocycles. The number of rotatable bonds is 4. The van der Waals surface area contributed by atoms with Gasteiger partial charge in [-0.05, 0) is 45.9 Å². The standard InChI is InChI=1S/C15H20ClNO/c1-6-9-17(15(3,4)5)12-7-8-13(11(2)18)14(16)10-12/h6-8,10H,1,9H2,2-5H3. The van der Waals surface area contributed by atoms with E-state index in [2.05, 4.69) is 32.3 Å². The van der Waals surface area contributed by atoms with Gasteiger partial charge < -0.3 is 4.90 Å². The van der Waals surface area contributed by atoms with Crippen molar-refractivity contribution in [2.24, 2.45) is 0 Å². The minimum atomic E-state index is -0.0325. The number of Topliss-reactive ketones (excluding diaryl/α,β-unsaturated/α-hetero) is 1. The number of ketones is 1. The lowest BCUT2D eigenvalue weighted by Crippen LogP contribution is -2.41. The highest BCUT2D eigenvalue weighted by atomic mass is 35.5. The summed E-state index contributed by atoms with van der Waals surface area (Å²) in [5, 5.41) is 0.498. The van der Waals surface area contributed by atoms with Crippen molar-refractivity contribution >= 4 is 23.1 Å². The van der Waals surface area contributed by atoms with E-state index >= 15 is 0 Å². The highest BCUT2D eigenvalue weighted by molar-refractivity contribution is 6.34. The van der Waals surface area contributed by atoms with E-state index in [-0.39, 0.29) is 11.3 Å². The molecule has 0 aromatic heterocycles. The zero-order valence-electron chi connectivity index (χ0n) is 11.5. The van der Waals surface area contributed by atoms with E-state index in [4.69, 9.17) is 11.6 Å². The molecule has 0 bridgehead atoms. The van der Waals surface area contributed by atoms with Gasteiger partial charge in [0.05, 0.1) is 5.02 Å². The average Bonchev–Trinajstić information content (AvgIpc) is 2.23. The van der Waals surface area contributed by atoms with Crippen molar-refractivity contribution in [2.75, 3.05) is 11.4 Å². The summed E-state index contributed by atoms with van der Waals surface area (Å²) in [6.07, 6.45) is 1.86. The van der Waals surface area contributed by atoms with Crippen LogP contribution in [-0.4, -0.2) is 17.9 Å². The van der Waals surface area contributed by atoms with Crippen LogP contribution in [-0.2, 0) is 0 Å². The van der Waals surface area contributed by atoms with Crippen LogP contribution >= 0.6 is 11.6 Å². The molecule has 0 aliphatic heterocycles. The summed E-state index contributed by atoms with van der Waals surface area (Å²) in [5.74, 6) is -0.0161. The van der Waals surface area contributed by atoms with Crippen molar-refractivity contribution in [3.63, 3.8) is 0 Å². The normalized spacial score (nSPS) is 11.2. The summed E-state index contributed by atoms with van der Waals surface area (Å²) >= 11 is 6.15. The Bertz CT molecular complexity index is 460. The molecule has 98 valence electrons. The van der Waals surface area contributed by atoms with Crippen molar-refractivity contribution in [2.45, 2.75) is 33.2 Å². The van der Waals surface area contributed by atoms with E-state index in [1.165, 1.54) is 6.92 Å². The quantitative estimate of drug-likeness (QED) is 0.596. The van der Waals surface area contributed by atoms with Crippen molar-refractivity contribution < 1.29 is 4.79 Å². The van der Waals surface area contributed by atoms with Gasteiger partial charge in [0.2, 0.25) is 0 Å². The average molecular weight is 266 g/mol. The fraction of sp³-hybridized carbons (Fsp3) is 0.400. The fourth-order valence-electron chi connectivity index (χ4n) is 1.85. The summed E-state index contributed by atoms with van der Waals surface area (Å²) in [6.45, 7) is 12.4. The highest BCUT2D eigenvalue weighted by Gasteiger charge is 2.21. The highest BCUT2D eigenvalue weighted by Crippen LogP contribution is 2.28. The lowest BCUT2D eigenvalue weighted by atomic mass is 10.0. The topological polar surface area (TPSA) is 20.3 Å². The van der Waals surface area contributed by atoms with E-state index in [0.29, 0.717) is 10.6 Å². The number of hydrogen-bond donors (Lipinski definition) is 0. The molecule has 0 N–H and O–H groups in total. The van der Waals surface area contributed by atoms with Gasteiger partial charge in [-0.2, -0.15) is 0 Å². The summed E-state index contributed by atoms with van der Waals surface area (Å²) in [7, 11) is 0. The van der Waals surface area contributed by atoms with Gasteiger partial charge in [0.25, 0.3) is 0 Å². The number of benzene rings is 1. The van der Waals surface area contributed by atoms with Gasteiger partial charge in [-0.3, -0.25) is 4.79 Å². The molecular weight excluding hydrogens is 246 g/mol. The number of carbonyl (C=O) groups excluding carboxylic acids is 1. The Morgan fingerprint density at radius 3 is 2.44 bits per heavy atom. The molecule has 0 radical (unpaired) electrons. The van der Waals surface area contributed by atoms with Crippen LogP contribution in [0.25, 0.3) is 0 Å². The van der Waals surface area contributed by atoms with Crippen LogP contribution in [0.4, 0.5) is 5.69 Å². The summed E-state index contributed by atoms with van der Waals surface area (Å²) < 4.78 is 0. The third-order valence-corrected chi connectivity index (χ3v) is 3.08. The largest absolute Gasteiger partial charge is 0.363 e. The van der Waals surface area contributed by atoms with E-state index < -0.39 is 0 Å². The molecule has 0 saturated heterocycles. The number of nitrogens with zero attached hydrogens (tertiary/aromatic N) is 1. The molecule has 1 aromatic rings. The van der Waals surface area contributed by atoms with Crippen LogP contribution in [0.1, 0.15) is 38.1 Å². The first-order valence-electron chi connectivity index (χ1n) is 5.96. The maximum Gasteiger partial charge on any atom is 0.161 e. The first kappa shape index (κ1) is 14.8. The lowest BCUT2D eigenvalue weighted by Gasteiger charge is -2.37. The minimum Gasteiger partial charge on any atom is -0.363 e. The first-order valence-corrected chi connectivity index (χ1v) is 6.34. The predicted molar refractivity (Wildman–Crippen MR) is 78.8 cm³/mol. The molecule has 3 heteroatoms. The lowest BCUT2D eigenvalue weighted by molar-refractivity contribution is 0.101. The first-order chi connectivity index (χ1) is 8.27. The number of carbonyl (C=O) groups is 1. The molecule has 0 heterocycles. The maximum absolute atomic E-state index is 11.4. The molecule has 2 nitrogen and oxygen atoms in total. The third-order valence-electron chi connectivity index (χ3n) is 2.77. The Morgan fingerprint density at radius 1 is 1.44 bits per heavy atom. The molecular formula is C15H20ClNO. The molecule has 0 aliphatic carbocycles.